The van der Waals surface area contributed by atoms with Crippen LogP contribution < -0.4 is 5.32 Å². The van der Waals surface area contributed by atoms with Gasteiger partial charge in [0.1, 0.15) is 11.5 Å². The van der Waals surface area contributed by atoms with Gasteiger partial charge in [-0.1, -0.05) is 30.3 Å². The third-order valence-electron chi connectivity index (χ3n) is 5.64. The molecule has 0 bridgehead atoms. The Morgan fingerprint density at radius 1 is 1.00 bits per heavy atom. The summed E-state index contributed by atoms with van der Waals surface area (Å²) in [6, 6.07) is 9.11. The van der Waals surface area contributed by atoms with E-state index in [4.69, 9.17) is 9.47 Å². The Kier molecular flexibility index (Phi) is 5.79. The van der Waals surface area contributed by atoms with Gasteiger partial charge in [0.15, 0.2) is 0 Å². The molecule has 2 saturated heterocycles. The van der Waals surface area contributed by atoms with E-state index in [1.165, 1.54) is 14.2 Å². The van der Waals surface area contributed by atoms with Crippen molar-refractivity contribution < 1.29 is 23.9 Å². The number of benzene rings is 1. The maximum Gasteiger partial charge on any atom is 0.312 e. The number of rotatable bonds is 4. The van der Waals surface area contributed by atoms with E-state index in [1.807, 2.05) is 30.3 Å². The average molecular weight is 374 g/mol. The van der Waals surface area contributed by atoms with Crippen molar-refractivity contribution in [1.82, 2.24) is 10.2 Å². The maximum absolute atomic E-state index is 13.7. The molecule has 0 aromatic heterocycles. The minimum Gasteiger partial charge on any atom is -0.469 e. The molecule has 146 valence electrons. The molecule has 1 aromatic carbocycles. The first-order valence-electron chi connectivity index (χ1n) is 9.32. The van der Waals surface area contributed by atoms with Crippen LogP contribution in [0.2, 0.25) is 0 Å². The van der Waals surface area contributed by atoms with Crippen molar-refractivity contribution >= 4 is 17.8 Å². The predicted molar refractivity (Wildman–Crippen MR) is 97.6 cm³/mol. The molecule has 0 spiro atoms. The van der Waals surface area contributed by atoms with Crippen molar-refractivity contribution in [3.8, 4) is 0 Å². The first-order chi connectivity index (χ1) is 13.1. The number of hydrogen-bond acceptors (Lipinski definition) is 6. The lowest BCUT2D eigenvalue weighted by molar-refractivity contribution is -0.161. The summed E-state index contributed by atoms with van der Waals surface area (Å²) in [5.74, 6) is -3.09. The SMILES string of the molecule is COC(=O)[C@@H]1[C@H](C(=O)OC)CN[C@]1(C(=O)N1CCCCC1)c1ccccc1. The van der Waals surface area contributed by atoms with Crippen LogP contribution in [-0.2, 0) is 29.4 Å². The van der Waals surface area contributed by atoms with Crippen LogP contribution in [-0.4, -0.2) is 56.6 Å². The van der Waals surface area contributed by atoms with Crippen LogP contribution in [0.25, 0.3) is 0 Å². The second-order valence-corrected chi connectivity index (χ2v) is 7.04. The first-order valence-corrected chi connectivity index (χ1v) is 9.32. The highest BCUT2D eigenvalue weighted by Gasteiger charge is 2.61. The van der Waals surface area contributed by atoms with Crippen LogP contribution in [0.15, 0.2) is 30.3 Å². The zero-order valence-electron chi connectivity index (χ0n) is 15.8. The van der Waals surface area contributed by atoms with Gasteiger partial charge < -0.3 is 14.4 Å². The molecule has 3 rings (SSSR count). The molecule has 2 fully saturated rings. The summed E-state index contributed by atoms with van der Waals surface area (Å²) in [6.07, 6.45) is 2.95. The van der Waals surface area contributed by atoms with Gasteiger partial charge in [-0.2, -0.15) is 0 Å². The molecular formula is C20H26N2O5. The molecule has 27 heavy (non-hydrogen) atoms. The van der Waals surface area contributed by atoms with E-state index in [-0.39, 0.29) is 12.5 Å². The number of nitrogens with zero attached hydrogens (tertiary/aromatic N) is 1. The Bertz CT molecular complexity index is 702. The minimum absolute atomic E-state index is 0.168. The van der Waals surface area contributed by atoms with E-state index in [1.54, 1.807) is 4.90 Å². The number of likely N-dealkylation sites (tertiary alicyclic amines) is 1. The van der Waals surface area contributed by atoms with Gasteiger partial charge in [0.05, 0.1) is 20.1 Å². The smallest absolute Gasteiger partial charge is 0.312 e. The van der Waals surface area contributed by atoms with Gasteiger partial charge in [-0.15, -0.1) is 0 Å². The van der Waals surface area contributed by atoms with Crippen molar-refractivity contribution in [1.29, 1.82) is 0 Å². The lowest BCUT2D eigenvalue weighted by atomic mass is 9.74. The fourth-order valence-electron chi connectivity index (χ4n) is 4.30. The number of carbonyl (C=O) groups excluding carboxylic acids is 3. The Hall–Kier alpha value is -2.41. The number of nitrogens with one attached hydrogen (secondary N) is 1. The molecule has 7 heteroatoms. The number of methoxy groups -OCH3 is 2. The number of hydrogen-bond donors (Lipinski definition) is 1. The molecule has 0 aliphatic carbocycles. The zero-order valence-corrected chi connectivity index (χ0v) is 15.8. The minimum atomic E-state index is -1.34. The topological polar surface area (TPSA) is 84.9 Å². The van der Waals surface area contributed by atoms with Crippen LogP contribution in [0, 0.1) is 11.8 Å². The Labute approximate surface area is 159 Å². The summed E-state index contributed by atoms with van der Waals surface area (Å²) < 4.78 is 9.92. The Balaban J connectivity index is 2.12. The third kappa shape index (κ3) is 3.32. The van der Waals surface area contributed by atoms with Gasteiger partial charge in [0.2, 0.25) is 5.91 Å². The highest BCUT2D eigenvalue weighted by molar-refractivity contribution is 5.97. The largest absolute Gasteiger partial charge is 0.469 e. The molecule has 0 unspecified atom stereocenters. The molecule has 3 atom stereocenters. The molecule has 1 amide bonds. The Morgan fingerprint density at radius 3 is 2.22 bits per heavy atom. The van der Waals surface area contributed by atoms with E-state index < -0.39 is 29.3 Å². The maximum atomic E-state index is 13.7. The summed E-state index contributed by atoms with van der Waals surface area (Å²) in [7, 11) is 2.56. The molecule has 2 aliphatic heterocycles. The molecular weight excluding hydrogens is 348 g/mol. The van der Waals surface area contributed by atoms with Gasteiger partial charge in [0.25, 0.3) is 0 Å². The molecule has 1 aromatic rings. The molecule has 0 radical (unpaired) electrons. The lowest BCUT2D eigenvalue weighted by Crippen LogP contribution is -2.59. The van der Waals surface area contributed by atoms with Gasteiger partial charge in [-0.05, 0) is 24.8 Å². The first kappa shape index (κ1) is 19.4. The summed E-state index contributed by atoms with van der Waals surface area (Å²) in [4.78, 5) is 40.7. The van der Waals surface area contributed by atoms with Crippen LogP contribution in [0.5, 0.6) is 0 Å². The van der Waals surface area contributed by atoms with Gasteiger partial charge in [-0.25, -0.2) is 0 Å². The van der Waals surface area contributed by atoms with E-state index in [9.17, 15) is 14.4 Å². The quantitative estimate of drug-likeness (QED) is 0.794. The molecule has 7 nitrogen and oxygen atoms in total. The van der Waals surface area contributed by atoms with E-state index in [0.717, 1.165) is 19.3 Å². The van der Waals surface area contributed by atoms with Crippen molar-refractivity contribution in [3.05, 3.63) is 35.9 Å². The summed E-state index contributed by atoms with van der Waals surface area (Å²) in [5.41, 5.74) is -0.688. The molecule has 2 heterocycles. The normalized spacial score (nSPS) is 27.9. The van der Waals surface area contributed by atoms with Crippen LogP contribution in [0.3, 0.4) is 0 Å². The van der Waals surface area contributed by atoms with E-state index in [2.05, 4.69) is 5.32 Å². The van der Waals surface area contributed by atoms with Crippen molar-refractivity contribution in [2.45, 2.75) is 24.8 Å². The van der Waals surface area contributed by atoms with Crippen molar-refractivity contribution in [2.24, 2.45) is 11.8 Å². The lowest BCUT2D eigenvalue weighted by Gasteiger charge is -2.39. The second-order valence-electron chi connectivity index (χ2n) is 7.04. The monoisotopic (exact) mass is 374 g/mol. The highest BCUT2D eigenvalue weighted by Crippen LogP contribution is 2.43. The van der Waals surface area contributed by atoms with Crippen molar-refractivity contribution in [3.63, 3.8) is 0 Å². The van der Waals surface area contributed by atoms with Crippen LogP contribution in [0.4, 0.5) is 0 Å². The highest BCUT2D eigenvalue weighted by atomic mass is 16.5. The fourth-order valence-corrected chi connectivity index (χ4v) is 4.30. The fraction of sp³-hybridized carbons (Fsp3) is 0.550. The summed E-state index contributed by atoms with van der Waals surface area (Å²) >= 11 is 0. The average Bonchev–Trinajstić information content (AvgIpc) is 3.14. The number of piperidine rings is 1. The standard InChI is InChI=1S/C20H26N2O5/c1-26-17(23)15-13-21-20(16(15)18(24)27-2,14-9-5-3-6-10-14)19(25)22-11-7-4-8-12-22/h3,5-6,9-10,15-16,21H,4,7-8,11-13H2,1-2H3/t15-,16+,20-/m1/s1. The molecule has 0 saturated carbocycles. The molecule has 1 N–H and O–H groups in total. The number of amides is 1. The summed E-state index contributed by atoms with van der Waals surface area (Å²) in [5, 5.41) is 3.22. The van der Waals surface area contributed by atoms with Crippen LogP contribution in [0.1, 0.15) is 24.8 Å². The van der Waals surface area contributed by atoms with Crippen LogP contribution >= 0.6 is 0 Å². The number of esters is 2. The zero-order chi connectivity index (χ0) is 19.4. The van der Waals surface area contributed by atoms with Crippen molar-refractivity contribution in [2.75, 3.05) is 33.9 Å². The summed E-state index contributed by atoms with van der Waals surface area (Å²) in [6.45, 7) is 1.46. The van der Waals surface area contributed by atoms with E-state index in [0.29, 0.717) is 18.7 Å². The number of ether oxygens (including phenoxy) is 2. The second kappa shape index (κ2) is 8.08. The third-order valence-corrected chi connectivity index (χ3v) is 5.64. The van der Waals surface area contributed by atoms with Gasteiger partial charge in [-0.3, -0.25) is 19.7 Å². The van der Waals surface area contributed by atoms with Gasteiger partial charge >= 0.3 is 11.9 Å². The molecule has 2 aliphatic rings. The number of carbonyl (C=O) groups is 3. The Morgan fingerprint density at radius 2 is 1.63 bits per heavy atom. The van der Waals surface area contributed by atoms with Gasteiger partial charge in [0, 0.05) is 19.6 Å². The predicted octanol–water partition coefficient (Wildman–Crippen LogP) is 1.08. The van der Waals surface area contributed by atoms with E-state index >= 15 is 0 Å².